The highest BCUT2D eigenvalue weighted by Crippen LogP contribution is 2.13. The van der Waals surface area contributed by atoms with Gasteiger partial charge in [-0.25, -0.2) is 23.1 Å². The normalized spacial score (nSPS) is 11.5. The fraction of sp³-hybridized carbons (Fsp3) is 0.600. The highest BCUT2D eigenvalue weighted by molar-refractivity contribution is 9.10. The molecule has 0 radical (unpaired) electrons. The lowest BCUT2D eigenvalue weighted by Crippen LogP contribution is -2.26. The van der Waals surface area contributed by atoms with Crippen LogP contribution in [0.15, 0.2) is 10.7 Å². The summed E-state index contributed by atoms with van der Waals surface area (Å²) in [7, 11) is -1.79. The zero-order valence-electron chi connectivity index (χ0n) is 10.4. The summed E-state index contributed by atoms with van der Waals surface area (Å²) in [6.07, 6.45) is 1.76. The van der Waals surface area contributed by atoms with Gasteiger partial charge in [0.05, 0.1) is 5.75 Å². The van der Waals surface area contributed by atoms with Gasteiger partial charge in [-0.15, -0.1) is 0 Å². The number of hydrogen-bond acceptors (Lipinski definition) is 5. The van der Waals surface area contributed by atoms with E-state index < -0.39 is 10.0 Å². The van der Waals surface area contributed by atoms with E-state index in [0.717, 1.165) is 18.7 Å². The Balaban J connectivity index is 2.62. The van der Waals surface area contributed by atoms with Crippen LogP contribution in [0.1, 0.15) is 19.2 Å². The molecular formula is C10H17BrN4O2S. The van der Waals surface area contributed by atoms with Crippen LogP contribution in [-0.2, 0) is 16.4 Å². The summed E-state index contributed by atoms with van der Waals surface area (Å²) in [5, 5.41) is 2.97. The van der Waals surface area contributed by atoms with E-state index in [2.05, 4.69) is 42.9 Å². The van der Waals surface area contributed by atoms with Crippen LogP contribution >= 0.6 is 15.9 Å². The predicted octanol–water partition coefficient (Wildman–Crippen LogP) is 1.15. The topological polar surface area (TPSA) is 84.0 Å². The molecule has 6 nitrogen and oxygen atoms in total. The number of rotatable bonds is 7. The van der Waals surface area contributed by atoms with Crippen molar-refractivity contribution in [2.75, 3.05) is 24.7 Å². The van der Waals surface area contributed by atoms with E-state index >= 15 is 0 Å². The summed E-state index contributed by atoms with van der Waals surface area (Å²) in [6, 6.07) is 1.73. The molecule has 0 unspecified atom stereocenters. The molecule has 18 heavy (non-hydrogen) atoms. The first-order chi connectivity index (χ1) is 8.46. The first-order valence-corrected chi connectivity index (χ1v) is 8.10. The molecule has 0 aliphatic rings. The van der Waals surface area contributed by atoms with Crippen LogP contribution in [-0.4, -0.2) is 37.7 Å². The Morgan fingerprint density at radius 1 is 1.39 bits per heavy atom. The zero-order valence-corrected chi connectivity index (χ0v) is 12.8. The first kappa shape index (κ1) is 15.3. The van der Waals surface area contributed by atoms with Crippen LogP contribution in [0.4, 0.5) is 5.82 Å². The largest absolute Gasteiger partial charge is 0.369 e. The molecule has 0 saturated carbocycles. The van der Waals surface area contributed by atoms with Crippen molar-refractivity contribution in [2.45, 2.75) is 19.8 Å². The lowest BCUT2D eigenvalue weighted by molar-refractivity contribution is 0.588. The van der Waals surface area contributed by atoms with Crippen molar-refractivity contribution >= 4 is 31.8 Å². The van der Waals surface area contributed by atoms with Crippen LogP contribution in [0.5, 0.6) is 0 Å². The molecule has 0 saturated heterocycles. The standard InChI is InChI=1S/C10H17BrN4O2S/c1-3-4-9-14-8(11)7-10(15-9)13-5-6-18(16,17)12-2/h7,12H,3-6H2,1-2H3,(H,13,14,15). The fourth-order valence-corrected chi connectivity index (χ4v) is 2.30. The maximum atomic E-state index is 11.2. The lowest BCUT2D eigenvalue weighted by atomic mass is 10.3. The predicted molar refractivity (Wildman–Crippen MR) is 75.1 cm³/mol. The summed E-state index contributed by atoms with van der Waals surface area (Å²) in [5.41, 5.74) is 0. The van der Waals surface area contributed by atoms with Crippen LogP contribution < -0.4 is 10.0 Å². The number of halogens is 1. The second-order valence-electron chi connectivity index (χ2n) is 3.69. The van der Waals surface area contributed by atoms with Crippen molar-refractivity contribution < 1.29 is 8.42 Å². The molecular weight excluding hydrogens is 320 g/mol. The van der Waals surface area contributed by atoms with E-state index in [9.17, 15) is 8.42 Å². The highest BCUT2D eigenvalue weighted by atomic mass is 79.9. The van der Waals surface area contributed by atoms with E-state index in [0.29, 0.717) is 17.0 Å². The van der Waals surface area contributed by atoms with Crippen LogP contribution in [0.25, 0.3) is 0 Å². The summed E-state index contributed by atoms with van der Waals surface area (Å²) in [5.74, 6) is 1.38. The van der Waals surface area contributed by atoms with Gasteiger partial charge in [-0.3, -0.25) is 0 Å². The van der Waals surface area contributed by atoms with Crippen molar-refractivity contribution in [1.82, 2.24) is 14.7 Å². The molecule has 0 bridgehead atoms. The number of nitrogens with one attached hydrogen (secondary N) is 2. The quantitative estimate of drug-likeness (QED) is 0.730. The summed E-state index contributed by atoms with van der Waals surface area (Å²) < 4.78 is 25.4. The molecule has 0 fully saturated rings. The third-order valence-electron chi connectivity index (χ3n) is 2.20. The van der Waals surface area contributed by atoms with Gasteiger partial charge in [0.15, 0.2) is 0 Å². The number of nitrogens with zero attached hydrogens (tertiary/aromatic N) is 2. The molecule has 1 aromatic heterocycles. The van der Waals surface area contributed by atoms with Crippen LogP contribution in [0.3, 0.4) is 0 Å². The minimum Gasteiger partial charge on any atom is -0.369 e. The Bertz CT molecular complexity index is 493. The number of hydrogen-bond donors (Lipinski definition) is 2. The third kappa shape index (κ3) is 5.28. The van der Waals surface area contributed by atoms with Gasteiger partial charge in [-0.2, -0.15) is 0 Å². The molecule has 0 amide bonds. The molecule has 0 aliphatic heterocycles. The van der Waals surface area contributed by atoms with Crippen molar-refractivity contribution in [3.05, 3.63) is 16.5 Å². The SMILES string of the molecule is CCCc1nc(Br)cc(NCCS(=O)(=O)NC)n1. The Morgan fingerprint density at radius 2 is 2.11 bits per heavy atom. The second kappa shape index (κ2) is 7.01. The fourth-order valence-electron chi connectivity index (χ4n) is 1.31. The van der Waals surface area contributed by atoms with Gasteiger partial charge in [0.2, 0.25) is 10.0 Å². The molecule has 0 atom stereocenters. The minimum atomic E-state index is -3.19. The molecule has 1 heterocycles. The average Bonchev–Trinajstić information content (AvgIpc) is 2.28. The zero-order chi connectivity index (χ0) is 13.6. The molecule has 2 N–H and O–H groups in total. The smallest absolute Gasteiger partial charge is 0.213 e. The molecule has 1 rings (SSSR count). The van der Waals surface area contributed by atoms with Gasteiger partial charge < -0.3 is 5.32 Å². The van der Waals surface area contributed by atoms with Crippen LogP contribution in [0, 0.1) is 0 Å². The third-order valence-corrected chi connectivity index (χ3v) is 3.97. The lowest BCUT2D eigenvalue weighted by Gasteiger charge is -2.07. The molecule has 102 valence electrons. The maximum Gasteiger partial charge on any atom is 0.213 e. The van der Waals surface area contributed by atoms with E-state index in [4.69, 9.17) is 0 Å². The van der Waals surface area contributed by atoms with E-state index in [1.54, 1.807) is 6.07 Å². The number of sulfonamides is 1. The summed E-state index contributed by atoms with van der Waals surface area (Å²) >= 11 is 3.31. The molecule has 0 spiro atoms. The maximum absolute atomic E-state index is 11.2. The van der Waals surface area contributed by atoms with E-state index in [-0.39, 0.29) is 5.75 Å². The number of anilines is 1. The molecule has 0 aliphatic carbocycles. The van der Waals surface area contributed by atoms with Crippen LogP contribution in [0.2, 0.25) is 0 Å². The highest BCUT2D eigenvalue weighted by Gasteiger charge is 2.07. The minimum absolute atomic E-state index is 0.00817. The van der Waals surface area contributed by atoms with Gasteiger partial charge >= 0.3 is 0 Å². The van der Waals surface area contributed by atoms with Gasteiger partial charge in [-0.05, 0) is 29.4 Å². The monoisotopic (exact) mass is 336 g/mol. The van der Waals surface area contributed by atoms with Gasteiger partial charge in [-0.1, -0.05) is 6.92 Å². The van der Waals surface area contributed by atoms with Crippen molar-refractivity contribution in [3.8, 4) is 0 Å². The molecule has 8 heteroatoms. The van der Waals surface area contributed by atoms with E-state index in [1.807, 2.05) is 0 Å². The Morgan fingerprint density at radius 3 is 2.72 bits per heavy atom. The van der Waals surface area contributed by atoms with Gasteiger partial charge in [0.25, 0.3) is 0 Å². The van der Waals surface area contributed by atoms with Gasteiger partial charge in [0, 0.05) is 19.0 Å². The number of aryl methyl sites for hydroxylation is 1. The van der Waals surface area contributed by atoms with Crippen molar-refractivity contribution in [2.24, 2.45) is 0 Å². The number of aromatic nitrogens is 2. The molecule has 0 aromatic carbocycles. The Kier molecular flexibility index (Phi) is 5.97. The summed E-state index contributed by atoms with van der Waals surface area (Å²) in [6.45, 7) is 2.36. The Hall–Kier alpha value is -0.730. The molecule has 1 aromatic rings. The van der Waals surface area contributed by atoms with E-state index in [1.165, 1.54) is 7.05 Å². The average molecular weight is 337 g/mol. The summed E-state index contributed by atoms with van der Waals surface area (Å²) in [4.78, 5) is 8.53. The van der Waals surface area contributed by atoms with Gasteiger partial charge in [0.1, 0.15) is 16.2 Å². The second-order valence-corrected chi connectivity index (χ2v) is 6.55. The first-order valence-electron chi connectivity index (χ1n) is 5.65. The Labute approximate surface area is 116 Å². The van der Waals surface area contributed by atoms with Crippen molar-refractivity contribution in [3.63, 3.8) is 0 Å². The van der Waals surface area contributed by atoms with Crippen molar-refractivity contribution in [1.29, 1.82) is 0 Å².